The second kappa shape index (κ2) is 7.64. The fraction of sp³-hybridized carbons (Fsp3) is 0.200. The van der Waals surface area contributed by atoms with Crippen molar-refractivity contribution in [2.45, 2.75) is 18.2 Å². The zero-order valence-electron chi connectivity index (χ0n) is 12.8. The van der Waals surface area contributed by atoms with Crippen LogP contribution in [0.4, 0.5) is 5.82 Å². The van der Waals surface area contributed by atoms with Gasteiger partial charge in [-0.1, -0.05) is 18.2 Å². The zero-order valence-corrected chi connectivity index (χ0v) is 13.6. The lowest BCUT2D eigenvalue weighted by Gasteiger charge is -2.08. The van der Waals surface area contributed by atoms with Gasteiger partial charge in [0.05, 0.1) is 23.6 Å². The van der Waals surface area contributed by atoms with Gasteiger partial charge in [0.15, 0.2) is 0 Å². The fourth-order valence-electron chi connectivity index (χ4n) is 1.79. The lowest BCUT2D eigenvalue weighted by Crippen LogP contribution is -2.20. The Morgan fingerprint density at radius 2 is 1.88 bits per heavy atom. The molecule has 126 valence electrons. The summed E-state index contributed by atoms with van der Waals surface area (Å²) in [6.45, 7) is 1.68. The van der Waals surface area contributed by atoms with Gasteiger partial charge in [0.2, 0.25) is 5.78 Å². The van der Waals surface area contributed by atoms with E-state index in [-0.39, 0.29) is 29.4 Å². The Kier molecular flexibility index (Phi) is 5.59. The van der Waals surface area contributed by atoms with Crippen LogP contribution in [0, 0.1) is 0 Å². The van der Waals surface area contributed by atoms with Crippen LogP contribution in [0.3, 0.4) is 0 Å². The molecular formula is C15H15N3O5S. The molecule has 1 aromatic carbocycles. The van der Waals surface area contributed by atoms with Crippen LogP contribution in [0.15, 0.2) is 47.6 Å². The maximum atomic E-state index is 12.2. The van der Waals surface area contributed by atoms with Crippen molar-refractivity contribution in [3.8, 4) is 0 Å². The van der Waals surface area contributed by atoms with Gasteiger partial charge in [0, 0.05) is 6.07 Å². The number of rotatable bonds is 7. The highest BCUT2D eigenvalue weighted by Gasteiger charge is 2.18. The first kappa shape index (κ1) is 17.5. The molecule has 0 saturated carbocycles. The Hall–Kier alpha value is -2.81. The number of esters is 1. The Morgan fingerprint density at radius 1 is 1.17 bits per heavy atom. The van der Waals surface area contributed by atoms with E-state index >= 15 is 0 Å². The second-order valence-electron chi connectivity index (χ2n) is 4.63. The van der Waals surface area contributed by atoms with Crippen molar-refractivity contribution in [2.24, 2.45) is 0 Å². The van der Waals surface area contributed by atoms with Crippen molar-refractivity contribution < 1.29 is 22.7 Å². The molecule has 2 rings (SSSR count). The van der Waals surface area contributed by atoms with E-state index in [1.165, 1.54) is 18.2 Å². The number of aromatic nitrogens is 2. The number of anilines is 1. The highest BCUT2D eigenvalue weighted by molar-refractivity contribution is 7.92. The molecule has 0 aliphatic rings. The van der Waals surface area contributed by atoms with Gasteiger partial charge in [-0.15, -0.1) is 0 Å². The maximum absolute atomic E-state index is 12.2. The molecule has 9 heteroatoms. The molecule has 0 radical (unpaired) electrons. The van der Waals surface area contributed by atoms with E-state index in [0.29, 0.717) is 0 Å². The molecule has 2 aromatic rings. The minimum absolute atomic E-state index is 0.000474. The van der Waals surface area contributed by atoms with Crippen LogP contribution in [-0.4, -0.2) is 36.7 Å². The molecule has 0 aliphatic carbocycles. The molecule has 0 bridgehead atoms. The van der Waals surface area contributed by atoms with Gasteiger partial charge >= 0.3 is 5.97 Å². The average Bonchev–Trinajstić information content (AvgIpc) is 2.56. The highest BCUT2D eigenvalue weighted by Crippen LogP contribution is 2.14. The fourth-order valence-corrected chi connectivity index (χ4v) is 2.81. The number of hydrogen-bond acceptors (Lipinski definition) is 7. The van der Waals surface area contributed by atoms with Gasteiger partial charge < -0.3 is 4.74 Å². The topological polar surface area (TPSA) is 115 Å². The van der Waals surface area contributed by atoms with E-state index in [2.05, 4.69) is 19.4 Å². The summed E-state index contributed by atoms with van der Waals surface area (Å²) in [6, 6.07) is 9.06. The number of ketones is 1. The first-order valence-corrected chi connectivity index (χ1v) is 8.49. The second-order valence-corrected chi connectivity index (χ2v) is 6.32. The third kappa shape index (κ3) is 4.59. The Labute approximate surface area is 138 Å². The highest BCUT2D eigenvalue weighted by atomic mass is 32.2. The summed E-state index contributed by atoms with van der Waals surface area (Å²) in [5, 5.41) is 0. The van der Waals surface area contributed by atoms with Crippen LogP contribution >= 0.6 is 0 Å². The summed E-state index contributed by atoms with van der Waals surface area (Å²) in [7, 11) is -3.80. The van der Waals surface area contributed by atoms with Crippen molar-refractivity contribution in [1.82, 2.24) is 9.97 Å². The molecule has 0 amide bonds. The third-order valence-corrected chi connectivity index (χ3v) is 4.23. The first-order chi connectivity index (χ1) is 11.4. The van der Waals surface area contributed by atoms with E-state index in [1.54, 1.807) is 25.1 Å². The largest absolute Gasteiger partial charge is 0.460 e. The number of carbonyl (C=O) groups excluding carboxylic acids is 2. The van der Waals surface area contributed by atoms with Gasteiger partial charge in [-0.25, -0.2) is 23.2 Å². The molecule has 0 fully saturated rings. The van der Waals surface area contributed by atoms with Gasteiger partial charge in [-0.05, 0) is 19.1 Å². The van der Waals surface area contributed by atoms with Crippen molar-refractivity contribution in [3.63, 3.8) is 0 Å². The Balaban J connectivity index is 2.13. The molecule has 1 aromatic heterocycles. The number of ether oxygens (including phenoxy) is 1. The van der Waals surface area contributed by atoms with E-state index in [4.69, 9.17) is 0 Å². The summed E-state index contributed by atoms with van der Waals surface area (Å²) in [5.41, 5.74) is 0.203. The standard InChI is InChI=1S/C15H15N3O5S/c1-2-23-15(20)13(19)8-11-9-14(17-10-16-11)18-24(21,22)12-6-4-3-5-7-12/h3-7,9-10H,2,8H2,1H3,(H,16,17,18). The van der Waals surface area contributed by atoms with Crippen LogP contribution in [-0.2, 0) is 30.8 Å². The minimum Gasteiger partial charge on any atom is -0.460 e. The molecule has 0 unspecified atom stereocenters. The predicted octanol–water partition coefficient (Wildman–Crippen LogP) is 0.952. The van der Waals surface area contributed by atoms with Gasteiger partial charge in [0.25, 0.3) is 10.0 Å². The van der Waals surface area contributed by atoms with E-state index in [0.717, 1.165) is 6.33 Å². The number of nitrogens with one attached hydrogen (secondary N) is 1. The van der Waals surface area contributed by atoms with Crippen LogP contribution in [0.5, 0.6) is 0 Å². The smallest absolute Gasteiger partial charge is 0.375 e. The first-order valence-electron chi connectivity index (χ1n) is 7.01. The SMILES string of the molecule is CCOC(=O)C(=O)Cc1cc(NS(=O)(=O)c2ccccc2)ncn1. The average molecular weight is 349 g/mol. The monoisotopic (exact) mass is 349 g/mol. The zero-order chi connectivity index (χ0) is 17.6. The summed E-state index contributed by atoms with van der Waals surface area (Å²) in [4.78, 5) is 30.7. The summed E-state index contributed by atoms with van der Waals surface area (Å²) in [5.74, 6) is -1.73. The number of sulfonamides is 1. The normalized spacial score (nSPS) is 10.9. The quantitative estimate of drug-likeness (QED) is 0.584. The summed E-state index contributed by atoms with van der Waals surface area (Å²) < 4.78 is 31.3. The number of carbonyl (C=O) groups is 2. The molecule has 1 heterocycles. The van der Waals surface area contributed by atoms with Crippen molar-refractivity contribution in [2.75, 3.05) is 11.3 Å². The molecule has 8 nitrogen and oxygen atoms in total. The molecule has 0 spiro atoms. The summed E-state index contributed by atoms with van der Waals surface area (Å²) in [6.07, 6.45) is 0.804. The van der Waals surface area contributed by atoms with Crippen molar-refractivity contribution >= 4 is 27.6 Å². The van der Waals surface area contributed by atoms with E-state index < -0.39 is 21.8 Å². The maximum Gasteiger partial charge on any atom is 0.375 e. The summed E-state index contributed by atoms with van der Waals surface area (Å²) >= 11 is 0. The van der Waals surface area contributed by atoms with Gasteiger partial charge in [-0.3, -0.25) is 9.52 Å². The van der Waals surface area contributed by atoms with E-state index in [1.807, 2.05) is 0 Å². The molecule has 24 heavy (non-hydrogen) atoms. The Bertz CT molecular complexity index is 837. The van der Waals surface area contributed by atoms with Crippen LogP contribution < -0.4 is 4.72 Å². The van der Waals surface area contributed by atoms with Crippen LogP contribution in [0.25, 0.3) is 0 Å². The number of hydrogen-bond donors (Lipinski definition) is 1. The van der Waals surface area contributed by atoms with Crippen LogP contribution in [0.2, 0.25) is 0 Å². The lowest BCUT2D eigenvalue weighted by atomic mass is 10.2. The molecule has 0 atom stereocenters. The molecule has 0 saturated heterocycles. The van der Waals surface area contributed by atoms with Crippen LogP contribution in [0.1, 0.15) is 12.6 Å². The third-order valence-electron chi connectivity index (χ3n) is 2.86. The van der Waals surface area contributed by atoms with Crippen molar-refractivity contribution in [3.05, 3.63) is 48.4 Å². The molecule has 0 aliphatic heterocycles. The predicted molar refractivity (Wildman–Crippen MR) is 84.6 cm³/mol. The number of nitrogens with zero attached hydrogens (tertiary/aromatic N) is 2. The number of benzene rings is 1. The van der Waals surface area contributed by atoms with E-state index in [9.17, 15) is 18.0 Å². The lowest BCUT2D eigenvalue weighted by molar-refractivity contribution is -0.153. The number of Topliss-reactive ketones (excluding diaryl/α,β-unsaturated/α-hetero) is 1. The van der Waals surface area contributed by atoms with Gasteiger partial charge in [0.1, 0.15) is 12.1 Å². The minimum atomic E-state index is -3.80. The molecule has 1 N–H and O–H groups in total. The Morgan fingerprint density at radius 3 is 2.54 bits per heavy atom. The molecular weight excluding hydrogens is 334 g/mol. The van der Waals surface area contributed by atoms with Crippen molar-refractivity contribution in [1.29, 1.82) is 0 Å². The van der Waals surface area contributed by atoms with Gasteiger partial charge in [-0.2, -0.15) is 0 Å².